The highest BCUT2D eigenvalue weighted by Gasteiger charge is 2.29. The molecule has 1 aromatic carbocycles. The van der Waals surface area contributed by atoms with Crippen LogP contribution in [0.5, 0.6) is 5.75 Å². The monoisotopic (exact) mass is 240 g/mol. The van der Waals surface area contributed by atoms with Crippen LogP contribution in [0.15, 0.2) is 36.9 Å². The van der Waals surface area contributed by atoms with Crippen molar-refractivity contribution in [3.63, 3.8) is 0 Å². The number of ether oxygens (including phenoxy) is 1. The molecule has 18 heavy (non-hydrogen) atoms. The molecule has 1 aromatic rings. The Hall–Kier alpha value is -1.50. The second-order valence-corrected chi connectivity index (χ2v) is 5.36. The highest BCUT2D eigenvalue weighted by atomic mass is 16.5. The quantitative estimate of drug-likeness (QED) is 0.703. The molecule has 1 heteroatoms. The van der Waals surface area contributed by atoms with Crippen LogP contribution in [0.4, 0.5) is 0 Å². The molecule has 0 saturated carbocycles. The van der Waals surface area contributed by atoms with Gasteiger partial charge in [-0.2, -0.15) is 0 Å². The molecular weight excluding hydrogens is 220 g/mol. The molecule has 0 saturated heterocycles. The van der Waals surface area contributed by atoms with E-state index in [1.54, 1.807) is 7.11 Å². The average Bonchev–Trinajstić information content (AvgIpc) is 2.92. The minimum Gasteiger partial charge on any atom is -0.497 e. The molecule has 0 unspecified atom stereocenters. The third-order valence-electron chi connectivity index (χ3n) is 4.40. The number of allylic oxidation sites excluding steroid dienone is 3. The van der Waals surface area contributed by atoms with E-state index in [-0.39, 0.29) is 0 Å². The molecule has 0 heterocycles. The Morgan fingerprint density at radius 3 is 2.89 bits per heavy atom. The summed E-state index contributed by atoms with van der Waals surface area (Å²) >= 11 is 0. The molecule has 2 aliphatic rings. The molecule has 0 radical (unpaired) electrons. The zero-order chi connectivity index (χ0) is 12.5. The molecule has 0 fully saturated rings. The Morgan fingerprint density at radius 2 is 2.17 bits per heavy atom. The maximum Gasteiger partial charge on any atom is 0.119 e. The van der Waals surface area contributed by atoms with E-state index in [9.17, 15) is 0 Å². The van der Waals surface area contributed by atoms with Gasteiger partial charge in [-0.1, -0.05) is 24.8 Å². The number of benzene rings is 1. The van der Waals surface area contributed by atoms with E-state index >= 15 is 0 Å². The first-order valence-corrected chi connectivity index (χ1v) is 6.82. The summed E-state index contributed by atoms with van der Waals surface area (Å²) in [6, 6.07) is 6.40. The third-order valence-corrected chi connectivity index (χ3v) is 4.40. The molecule has 0 bridgehead atoms. The van der Waals surface area contributed by atoms with Crippen LogP contribution in [0.25, 0.3) is 5.57 Å². The summed E-state index contributed by atoms with van der Waals surface area (Å²) in [5.74, 6) is 2.32. The highest BCUT2D eigenvalue weighted by molar-refractivity contribution is 5.71. The topological polar surface area (TPSA) is 9.23 Å². The van der Waals surface area contributed by atoms with Crippen LogP contribution in [0.2, 0.25) is 0 Å². The number of aryl methyl sites for hydroxylation is 1. The molecule has 2 atom stereocenters. The second-order valence-electron chi connectivity index (χ2n) is 5.36. The van der Waals surface area contributed by atoms with Crippen LogP contribution in [0.1, 0.15) is 30.4 Å². The van der Waals surface area contributed by atoms with Crippen molar-refractivity contribution in [3.8, 4) is 5.75 Å². The number of hydrogen-bond acceptors (Lipinski definition) is 1. The Balaban J connectivity index is 1.89. The Kier molecular flexibility index (Phi) is 2.99. The largest absolute Gasteiger partial charge is 0.497 e. The number of rotatable bonds is 2. The minimum absolute atomic E-state index is 0.643. The maximum absolute atomic E-state index is 5.30. The lowest BCUT2D eigenvalue weighted by atomic mass is 9.74. The van der Waals surface area contributed by atoms with Crippen molar-refractivity contribution >= 4 is 5.57 Å². The fraction of sp³-hybridized carbons (Fsp3) is 0.412. The normalized spacial score (nSPS) is 26.2. The molecule has 94 valence electrons. The van der Waals surface area contributed by atoms with Crippen LogP contribution in [0.3, 0.4) is 0 Å². The molecule has 2 aliphatic carbocycles. The van der Waals surface area contributed by atoms with Gasteiger partial charge in [0.1, 0.15) is 5.75 Å². The van der Waals surface area contributed by atoms with Crippen molar-refractivity contribution in [1.29, 1.82) is 0 Å². The fourth-order valence-electron chi connectivity index (χ4n) is 3.37. The smallest absolute Gasteiger partial charge is 0.119 e. The summed E-state index contributed by atoms with van der Waals surface area (Å²) < 4.78 is 5.30. The van der Waals surface area contributed by atoms with Crippen LogP contribution < -0.4 is 4.74 Å². The van der Waals surface area contributed by atoms with Crippen LogP contribution in [-0.4, -0.2) is 7.11 Å². The van der Waals surface area contributed by atoms with Crippen molar-refractivity contribution in [2.45, 2.75) is 25.7 Å². The molecule has 0 aromatic heterocycles. The zero-order valence-corrected chi connectivity index (χ0v) is 11.0. The Morgan fingerprint density at radius 1 is 1.28 bits per heavy atom. The van der Waals surface area contributed by atoms with E-state index in [0.717, 1.165) is 12.2 Å². The summed E-state index contributed by atoms with van der Waals surface area (Å²) in [5, 5.41) is 0. The van der Waals surface area contributed by atoms with Crippen molar-refractivity contribution in [1.82, 2.24) is 0 Å². The van der Waals surface area contributed by atoms with E-state index in [4.69, 9.17) is 4.74 Å². The van der Waals surface area contributed by atoms with Gasteiger partial charge < -0.3 is 4.74 Å². The summed E-state index contributed by atoms with van der Waals surface area (Å²) in [6.07, 6.45) is 9.64. The van der Waals surface area contributed by atoms with E-state index in [1.807, 2.05) is 0 Å². The van der Waals surface area contributed by atoms with Crippen molar-refractivity contribution < 1.29 is 4.74 Å². The molecule has 0 N–H and O–H groups in total. The van der Waals surface area contributed by atoms with E-state index < -0.39 is 0 Å². The standard InChI is InChI=1S/C17H20O/c1-12-16(13-5-3-4-6-13)9-7-14-11-15(18-2)8-10-17(12)14/h3,5,8,10-11,13,16H,1,4,6-7,9H2,2H3/t13-,16+/m0/s1. The fourth-order valence-corrected chi connectivity index (χ4v) is 3.37. The molecule has 0 amide bonds. The van der Waals surface area contributed by atoms with Gasteiger partial charge in [0.15, 0.2) is 0 Å². The lowest BCUT2D eigenvalue weighted by Gasteiger charge is -2.31. The lowest BCUT2D eigenvalue weighted by molar-refractivity contribution is 0.412. The van der Waals surface area contributed by atoms with Gasteiger partial charge in [-0.05, 0) is 66.4 Å². The third kappa shape index (κ3) is 1.88. The van der Waals surface area contributed by atoms with E-state index in [1.165, 1.54) is 36.0 Å². The molecule has 1 nitrogen and oxygen atoms in total. The van der Waals surface area contributed by atoms with Gasteiger partial charge >= 0.3 is 0 Å². The van der Waals surface area contributed by atoms with Gasteiger partial charge in [-0.3, -0.25) is 0 Å². The molecule has 0 aliphatic heterocycles. The second kappa shape index (κ2) is 4.64. The van der Waals surface area contributed by atoms with Crippen LogP contribution >= 0.6 is 0 Å². The zero-order valence-electron chi connectivity index (χ0n) is 11.0. The first kappa shape index (κ1) is 11.6. The average molecular weight is 240 g/mol. The van der Waals surface area contributed by atoms with Crippen molar-refractivity contribution in [2.75, 3.05) is 7.11 Å². The summed E-state index contributed by atoms with van der Waals surface area (Å²) in [4.78, 5) is 0. The van der Waals surface area contributed by atoms with Crippen molar-refractivity contribution in [2.24, 2.45) is 11.8 Å². The Labute approximate surface area is 109 Å². The van der Waals surface area contributed by atoms with Gasteiger partial charge in [0, 0.05) is 0 Å². The van der Waals surface area contributed by atoms with Gasteiger partial charge in [0.05, 0.1) is 7.11 Å². The molecule has 0 spiro atoms. The minimum atomic E-state index is 0.643. The highest BCUT2D eigenvalue weighted by Crippen LogP contribution is 2.42. The van der Waals surface area contributed by atoms with Crippen molar-refractivity contribution in [3.05, 3.63) is 48.1 Å². The predicted octanol–water partition coefficient (Wildman–Crippen LogP) is 4.24. The number of hydrogen-bond donors (Lipinski definition) is 0. The summed E-state index contributed by atoms with van der Waals surface area (Å²) in [6.45, 7) is 4.36. The summed E-state index contributed by atoms with van der Waals surface area (Å²) in [7, 11) is 1.73. The van der Waals surface area contributed by atoms with Crippen LogP contribution in [0, 0.1) is 11.8 Å². The number of fused-ring (bicyclic) bond motifs is 1. The van der Waals surface area contributed by atoms with Crippen LogP contribution in [-0.2, 0) is 6.42 Å². The maximum atomic E-state index is 5.30. The first-order chi connectivity index (χ1) is 8.79. The van der Waals surface area contributed by atoms with Gasteiger partial charge in [0.25, 0.3) is 0 Å². The lowest BCUT2D eigenvalue weighted by Crippen LogP contribution is -2.19. The number of methoxy groups -OCH3 is 1. The van der Waals surface area contributed by atoms with E-state index in [0.29, 0.717) is 11.8 Å². The SMILES string of the molecule is C=C1c2ccc(OC)cc2CC[C@H]1[C@H]1C=CCC1. The first-order valence-electron chi connectivity index (χ1n) is 6.82. The molecule has 3 rings (SSSR count). The Bertz CT molecular complexity index is 498. The summed E-state index contributed by atoms with van der Waals surface area (Å²) in [5.41, 5.74) is 4.08. The van der Waals surface area contributed by atoms with E-state index in [2.05, 4.69) is 36.9 Å². The molecular formula is C17H20O. The van der Waals surface area contributed by atoms with Gasteiger partial charge in [-0.25, -0.2) is 0 Å². The predicted molar refractivity (Wildman–Crippen MR) is 75.7 cm³/mol. The van der Waals surface area contributed by atoms with Gasteiger partial charge in [0.2, 0.25) is 0 Å². The van der Waals surface area contributed by atoms with Gasteiger partial charge in [-0.15, -0.1) is 0 Å².